The van der Waals surface area contributed by atoms with E-state index in [0.717, 1.165) is 6.42 Å². The number of benzene rings is 1. The lowest BCUT2D eigenvalue weighted by molar-refractivity contribution is -0.146. The summed E-state index contributed by atoms with van der Waals surface area (Å²) < 4.78 is 10.1. The van der Waals surface area contributed by atoms with E-state index in [0.29, 0.717) is 18.4 Å². The van der Waals surface area contributed by atoms with Gasteiger partial charge in [0, 0.05) is 18.2 Å². The highest BCUT2D eigenvalue weighted by atomic mass is 16.6. The molecular formula is C25H37N3O7. The summed E-state index contributed by atoms with van der Waals surface area (Å²) in [7, 11) is 0. The number of para-hydroxylation sites is 1. The van der Waals surface area contributed by atoms with Crippen LogP contribution in [0.1, 0.15) is 70.5 Å². The van der Waals surface area contributed by atoms with Crippen molar-refractivity contribution in [1.82, 2.24) is 15.5 Å². The second-order valence-electron chi connectivity index (χ2n) is 9.50. The van der Waals surface area contributed by atoms with Gasteiger partial charge >= 0.3 is 12.1 Å². The molecule has 0 aromatic heterocycles. The fourth-order valence-electron chi connectivity index (χ4n) is 3.71. The summed E-state index contributed by atoms with van der Waals surface area (Å²) in [5, 5.41) is 15.9. The van der Waals surface area contributed by atoms with Crippen molar-refractivity contribution in [2.45, 2.75) is 78.0 Å². The highest BCUT2D eigenvalue weighted by molar-refractivity contribution is 5.91. The number of carbonyl (C=O) groups excluding carboxylic acids is 4. The minimum absolute atomic E-state index is 0.0175. The number of carbonyl (C=O) groups is 4. The van der Waals surface area contributed by atoms with E-state index in [2.05, 4.69) is 10.6 Å². The smallest absolute Gasteiger partial charge is 0.408 e. The van der Waals surface area contributed by atoms with Crippen molar-refractivity contribution in [3.05, 3.63) is 29.3 Å². The number of nitrogens with one attached hydrogen (secondary N) is 2. The van der Waals surface area contributed by atoms with Gasteiger partial charge in [0.1, 0.15) is 23.9 Å². The zero-order valence-corrected chi connectivity index (χ0v) is 21.2. The molecule has 1 aliphatic carbocycles. The minimum atomic E-state index is -1.14. The van der Waals surface area contributed by atoms with E-state index in [1.165, 1.54) is 4.90 Å². The molecule has 0 radical (unpaired) electrons. The van der Waals surface area contributed by atoms with Crippen LogP contribution in [0.5, 0.6) is 5.75 Å². The standard InChI is InChI=1S/C25H37N3O7/c1-6-34-20(30)13-14-26-23(32)21(18-12-7-9-16(2)22(18)31)28(17-10-8-11-17)19(29)15-27-24(33)35-25(3,4)5/h7,9,12,17,21,31H,6,8,10-11,13-15H2,1-5H3,(H,26,32)(H,27,33). The summed E-state index contributed by atoms with van der Waals surface area (Å²) in [6.45, 7) is 8.43. The van der Waals surface area contributed by atoms with Gasteiger partial charge in [-0.1, -0.05) is 18.2 Å². The predicted octanol–water partition coefficient (Wildman–Crippen LogP) is 2.72. The highest BCUT2D eigenvalue weighted by Gasteiger charge is 2.40. The number of nitrogens with zero attached hydrogens (tertiary/aromatic N) is 1. The number of esters is 1. The predicted molar refractivity (Wildman–Crippen MR) is 129 cm³/mol. The molecule has 1 unspecified atom stereocenters. The van der Waals surface area contributed by atoms with Crippen LogP contribution >= 0.6 is 0 Å². The van der Waals surface area contributed by atoms with Crippen LogP contribution in [0.3, 0.4) is 0 Å². The van der Waals surface area contributed by atoms with Crippen LogP contribution in [0, 0.1) is 6.92 Å². The first kappa shape index (κ1) is 27.9. The summed E-state index contributed by atoms with van der Waals surface area (Å²) in [6, 6.07) is 3.62. The van der Waals surface area contributed by atoms with Crippen molar-refractivity contribution < 1.29 is 33.8 Å². The molecule has 0 aliphatic heterocycles. The Morgan fingerprint density at radius 2 is 1.86 bits per heavy atom. The fourth-order valence-corrected chi connectivity index (χ4v) is 3.71. The molecule has 3 amide bonds. The average molecular weight is 492 g/mol. The van der Waals surface area contributed by atoms with Gasteiger partial charge in [0.05, 0.1) is 13.0 Å². The number of amides is 3. The molecule has 2 rings (SSSR count). The van der Waals surface area contributed by atoms with Crippen LogP contribution in [0.15, 0.2) is 18.2 Å². The monoisotopic (exact) mass is 491 g/mol. The van der Waals surface area contributed by atoms with Crippen LogP contribution in [-0.4, -0.2) is 65.2 Å². The van der Waals surface area contributed by atoms with E-state index >= 15 is 0 Å². The van der Waals surface area contributed by atoms with E-state index in [1.54, 1.807) is 52.8 Å². The highest BCUT2D eigenvalue weighted by Crippen LogP contribution is 2.37. The first-order valence-electron chi connectivity index (χ1n) is 11.9. The number of rotatable bonds is 10. The average Bonchev–Trinajstić information content (AvgIpc) is 2.72. The van der Waals surface area contributed by atoms with Gasteiger partial charge < -0.3 is 30.1 Å². The number of alkyl carbamates (subject to hydrolysis) is 1. The molecule has 1 aliphatic rings. The van der Waals surface area contributed by atoms with Crippen LogP contribution in [0.4, 0.5) is 4.79 Å². The van der Waals surface area contributed by atoms with Gasteiger partial charge in [0.2, 0.25) is 11.8 Å². The first-order chi connectivity index (χ1) is 16.4. The molecule has 0 heterocycles. The molecule has 1 saturated carbocycles. The molecule has 1 aromatic carbocycles. The molecule has 10 heteroatoms. The van der Waals surface area contributed by atoms with Gasteiger partial charge in [0.25, 0.3) is 0 Å². The molecule has 35 heavy (non-hydrogen) atoms. The summed E-state index contributed by atoms with van der Waals surface area (Å²) >= 11 is 0. The Morgan fingerprint density at radius 1 is 1.17 bits per heavy atom. The van der Waals surface area contributed by atoms with Gasteiger partial charge in [-0.05, 0) is 59.4 Å². The summed E-state index contributed by atoms with van der Waals surface area (Å²) in [5.74, 6) is -1.55. The maximum Gasteiger partial charge on any atom is 0.408 e. The summed E-state index contributed by atoms with van der Waals surface area (Å²) in [6.07, 6.45) is 1.51. The zero-order valence-electron chi connectivity index (χ0n) is 21.2. The lowest BCUT2D eigenvalue weighted by atomic mass is 9.88. The number of aryl methyl sites for hydroxylation is 1. The van der Waals surface area contributed by atoms with Gasteiger partial charge in [-0.25, -0.2) is 4.79 Å². The van der Waals surface area contributed by atoms with E-state index in [-0.39, 0.29) is 43.5 Å². The van der Waals surface area contributed by atoms with Crippen LogP contribution in [0.2, 0.25) is 0 Å². The number of phenolic OH excluding ortho intramolecular Hbond substituents is 1. The molecule has 194 valence electrons. The Balaban J connectivity index is 2.29. The van der Waals surface area contributed by atoms with Crippen molar-refractivity contribution in [3.8, 4) is 5.75 Å². The fraction of sp³-hybridized carbons (Fsp3) is 0.600. The third-order valence-electron chi connectivity index (χ3n) is 5.56. The third kappa shape index (κ3) is 8.15. The number of phenols is 1. The van der Waals surface area contributed by atoms with Crippen molar-refractivity contribution in [1.29, 1.82) is 0 Å². The molecule has 1 aromatic rings. The van der Waals surface area contributed by atoms with Crippen molar-refractivity contribution in [3.63, 3.8) is 0 Å². The Kier molecular flexibility index (Phi) is 9.91. The second-order valence-corrected chi connectivity index (χ2v) is 9.50. The Bertz CT molecular complexity index is 922. The molecule has 0 bridgehead atoms. The maximum absolute atomic E-state index is 13.4. The lowest BCUT2D eigenvalue weighted by Gasteiger charge is -2.42. The minimum Gasteiger partial charge on any atom is -0.507 e. The largest absolute Gasteiger partial charge is 0.507 e. The second kappa shape index (κ2) is 12.4. The summed E-state index contributed by atoms with van der Waals surface area (Å²) in [5.41, 5.74) is 0.103. The molecule has 1 fully saturated rings. The van der Waals surface area contributed by atoms with Crippen molar-refractivity contribution >= 4 is 23.9 Å². The number of hydrogen-bond donors (Lipinski definition) is 3. The number of hydrogen-bond acceptors (Lipinski definition) is 7. The van der Waals surface area contributed by atoms with Crippen LogP contribution in [0.25, 0.3) is 0 Å². The zero-order chi connectivity index (χ0) is 26.2. The summed E-state index contributed by atoms with van der Waals surface area (Å²) in [4.78, 5) is 51.9. The van der Waals surface area contributed by atoms with Crippen molar-refractivity contribution in [2.24, 2.45) is 0 Å². The SMILES string of the molecule is CCOC(=O)CCNC(=O)C(c1cccc(C)c1O)N(C(=O)CNC(=O)OC(C)(C)C)C1CCC1. The van der Waals surface area contributed by atoms with Crippen molar-refractivity contribution in [2.75, 3.05) is 19.7 Å². The van der Waals surface area contributed by atoms with E-state index in [4.69, 9.17) is 9.47 Å². The normalized spacial score (nSPS) is 14.3. The maximum atomic E-state index is 13.4. The Hall–Kier alpha value is -3.30. The van der Waals surface area contributed by atoms with Gasteiger partial charge in [-0.3, -0.25) is 14.4 Å². The topological polar surface area (TPSA) is 134 Å². The molecule has 10 nitrogen and oxygen atoms in total. The first-order valence-corrected chi connectivity index (χ1v) is 11.9. The van der Waals surface area contributed by atoms with E-state index in [1.807, 2.05) is 0 Å². The van der Waals surface area contributed by atoms with E-state index in [9.17, 15) is 24.3 Å². The Morgan fingerprint density at radius 3 is 2.43 bits per heavy atom. The van der Waals surface area contributed by atoms with Crippen LogP contribution < -0.4 is 10.6 Å². The number of aromatic hydroxyl groups is 1. The molecule has 0 saturated heterocycles. The molecule has 3 N–H and O–H groups in total. The van der Waals surface area contributed by atoms with Gasteiger partial charge in [-0.15, -0.1) is 0 Å². The molecular weight excluding hydrogens is 454 g/mol. The number of ether oxygens (including phenoxy) is 2. The molecule has 0 spiro atoms. The molecule has 1 atom stereocenters. The Labute approximate surface area is 206 Å². The lowest BCUT2D eigenvalue weighted by Crippen LogP contribution is -2.54. The van der Waals surface area contributed by atoms with Gasteiger partial charge in [0.15, 0.2) is 0 Å². The third-order valence-corrected chi connectivity index (χ3v) is 5.56. The quantitative estimate of drug-likeness (QED) is 0.428. The van der Waals surface area contributed by atoms with E-state index < -0.39 is 35.5 Å². The van der Waals surface area contributed by atoms with Gasteiger partial charge in [-0.2, -0.15) is 0 Å². The van der Waals surface area contributed by atoms with Crippen LogP contribution in [-0.2, 0) is 23.9 Å².